The van der Waals surface area contributed by atoms with Gasteiger partial charge in [-0.25, -0.2) is 4.39 Å². The third-order valence-corrected chi connectivity index (χ3v) is 3.68. The first-order chi connectivity index (χ1) is 10.2. The van der Waals surface area contributed by atoms with Gasteiger partial charge < -0.3 is 0 Å². The Bertz CT molecular complexity index is 692. The molecule has 6 heteroatoms. The van der Waals surface area contributed by atoms with Crippen LogP contribution in [-0.2, 0) is 11.0 Å². The van der Waals surface area contributed by atoms with E-state index in [0.29, 0.717) is 11.1 Å². The highest BCUT2D eigenvalue weighted by molar-refractivity contribution is 6.64. The molecule has 0 bridgehead atoms. The van der Waals surface area contributed by atoms with Gasteiger partial charge in [0, 0.05) is 5.56 Å². The second-order valence-electron chi connectivity index (χ2n) is 4.84. The van der Waals surface area contributed by atoms with Crippen LogP contribution in [0.15, 0.2) is 42.5 Å². The zero-order valence-electron chi connectivity index (χ0n) is 11.4. The second-order valence-corrected chi connectivity index (χ2v) is 5.21. The SMILES string of the molecule is CC(C(=O)Cl)c1ccc(-c2ccc(C(F)(F)F)cc2)c(F)c1. The zero-order chi connectivity index (χ0) is 16.5. The fraction of sp³-hybridized carbons (Fsp3) is 0.188. The molecule has 0 aliphatic rings. The summed E-state index contributed by atoms with van der Waals surface area (Å²) in [4.78, 5) is 11.1. The van der Waals surface area contributed by atoms with Gasteiger partial charge in [0.15, 0.2) is 0 Å². The van der Waals surface area contributed by atoms with Crippen LogP contribution < -0.4 is 0 Å². The lowest BCUT2D eigenvalue weighted by molar-refractivity contribution is -0.137. The molecule has 0 saturated heterocycles. The van der Waals surface area contributed by atoms with Crippen LogP contribution in [0.1, 0.15) is 24.0 Å². The number of hydrogen-bond donors (Lipinski definition) is 0. The molecule has 22 heavy (non-hydrogen) atoms. The minimum absolute atomic E-state index is 0.159. The van der Waals surface area contributed by atoms with Crippen LogP contribution >= 0.6 is 11.6 Å². The first-order valence-corrected chi connectivity index (χ1v) is 6.74. The van der Waals surface area contributed by atoms with E-state index in [2.05, 4.69) is 0 Å². The first-order valence-electron chi connectivity index (χ1n) is 6.36. The maximum absolute atomic E-state index is 14.1. The molecule has 2 rings (SSSR count). The standard InChI is InChI=1S/C16H11ClF4O/c1-9(15(17)22)11-4-7-13(14(18)8-11)10-2-5-12(6-3-10)16(19,20)21/h2-9H,1H3. The molecule has 0 aromatic heterocycles. The van der Waals surface area contributed by atoms with Gasteiger partial charge in [-0.1, -0.05) is 31.2 Å². The van der Waals surface area contributed by atoms with E-state index in [9.17, 15) is 22.4 Å². The number of halogens is 5. The number of alkyl halides is 3. The summed E-state index contributed by atoms with van der Waals surface area (Å²) in [5.41, 5.74) is 0.0939. The van der Waals surface area contributed by atoms with E-state index in [-0.39, 0.29) is 5.56 Å². The van der Waals surface area contributed by atoms with Crippen LogP contribution in [0, 0.1) is 5.82 Å². The molecule has 1 nitrogen and oxygen atoms in total. The van der Waals surface area contributed by atoms with Gasteiger partial charge in [0.1, 0.15) is 5.82 Å². The maximum atomic E-state index is 14.1. The van der Waals surface area contributed by atoms with Gasteiger partial charge in [0.25, 0.3) is 0 Å². The van der Waals surface area contributed by atoms with Gasteiger partial charge in [-0.3, -0.25) is 4.79 Å². The molecule has 0 radical (unpaired) electrons. The topological polar surface area (TPSA) is 17.1 Å². The number of carbonyl (C=O) groups is 1. The van der Waals surface area contributed by atoms with Crippen LogP contribution in [0.3, 0.4) is 0 Å². The summed E-state index contributed by atoms with van der Waals surface area (Å²) in [6, 6.07) is 8.32. The summed E-state index contributed by atoms with van der Waals surface area (Å²) < 4.78 is 51.6. The normalized spacial score (nSPS) is 13.0. The van der Waals surface area contributed by atoms with Crippen LogP contribution in [0.2, 0.25) is 0 Å². The number of rotatable bonds is 3. The Morgan fingerprint density at radius 1 is 1.09 bits per heavy atom. The first kappa shape index (κ1) is 16.5. The average molecular weight is 331 g/mol. The highest BCUT2D eigenvalue weighted by Crippen LogP contribution is 2.32. The molecule has 2 aromatic rings. The van der Waals surface area contributed by atoms with Gasteiger partial charge >= 0.3 is 6.18 Å². The largest absolute Gasteiger partial charge is 0.416 e. The van der Waals surface area contributed by atoms with E-state index in [0.717, 1.165) is 18.2 Å². The molecule has 0 aliphatic heterocycles. The Morgan fingerprint density at radius 2 is 1.68 bits per heavy atom. The van der Waals surface area contributed by atoms with E-state index in [1.54, 1.807) is 6.92 Å². The monoisotopic (exact) mass is 330 g/mol. The van der Waals surface area contributed by atoms with E-state index < -0.39 is 28.7 Å². The molecule has 0 aliphatic carbocycles. The summed E-state index contributed by atoms with van der Waals surface area (Å²) in [6.45, 7) is 1.54. The highest BCUT2D eigenvalue weighted by atomic mass is 35.5. The van der Waals surface area contributed by atoms with Gasteiger partial charge in [-0.05, 0) is 40.9 Å². The molecule has 0 N–H and O–H groups in total. The van der Waals surface area contributed by atoms with Crippen molar-refractivity contribution in [1.29, 1.82) is 0 Å². The van der Waals surface area contributed by atoms with Gasteiger partial charge in [0.2, 0.25) is 5.24 Å². The Hall–Kier alpha value is -1.88. The smallest absolute Gasteiger partial charge is 0.281 e. The van der Waals surface area contributed by atoms with E-state index in [1.165, 1.54) is 24.3 Å². The van der Waals surface area contributed by atoms with Crippen molar-refractivity contribution in [1.82, 2.24) is 0 Å². The van der Waals surface area contributed by atoms with Crippen molar-refractivity contribution in [2.24, 2.45) is 0 Å². The summed E-state index contributed by atoms with van der Waals surface area (Å²) in [6.07, 6.45) is -4.43. The maximum Gasteiger partial charge on any atom is 0.416 e. The lowest BCUT2D eigenvalue weighted by Gasteiger charge is -2.11. The molecule has 2 aromatic carbocycles. The van der Waals surface area contributed by atoms with Crippen molar-refractivity contribution in [3.8, 4) is 11.1 Å². The predicted octanol–water partition coefficient (Wildman–Crippen LogP) is 5.38. The van der Waals surface area contributed by atoms with Crippen LogP contribution in [0.5, 0.6) is 0 Å². The van der Waals surface area contributed by atoms with Crippen LogP contribution in [0.4, 0.5) is 17.6 Å². The van der Waals surface area contributed by atoms with E-state index in [4.69, 9.17) is 11.6 Å². The molecular weight excluding hydrogens is 320 g/mol. The molecule has 0 amide bonds. The van der Waals surface area contributed by atoms with Crippen LogP contribution in [-0.4, -0.2) is 5.24 Å². The Kier molecular flexibility index (Phi) is 4.56. The zero-order valence-corrected chi connectivity index (χ0v) is 12.2. The third-order valence-electron chi connectivity index (χ3n) is 3.36. The van der Waals surface area contributed by atoms with Gasteiger partial charge in [0.05, 0.1) is 11.5 Å². The molecule has 0 spiro atoms. The van der Waals surface area contributed by atoms with Crippen molar-refractivity contribution >= 4 is 16.8 Å². The predicted molar refractivity (Wildman–Crippen MR) is 76.1 cm³/mol. The van der Waals surface area contributed by atoms with Crippen molar-refractivity contribution < 1.29 is 22.4 Å². The molecule has 1 unspecified atom stereocenters. The minimum Gasteiger partial charge on any atom is -0.281 e. The molecule has 0 fully saturated rings. The Labute approximate surface area is 129 Å². The second kappa shape index (κ2) is 6.08. The van der Waals surface area contributed by atoms with Crippen molar-refractivity contribution in [2.45, 2.75) is 19.0 Å². The number of carbonyl (C=O) groups excluding carboxylic acids is 1. The molecular formula is C16H11ClF4O. The fourth-order valence-electron chi connectivity index (χ4n) is 2.00. The van der Waals surface area contributed by atoms with Crippen molar-refractivity contribution in [3.05, 3.63) is 59.4 Å². The Balaban J connectivity index is 2.36. The van der Waals surface area contributed by atoms with Crippen molar-refractivity contribution in [3.63, 3.8) is 0 Å². The van der Waals surface area contributed by atoms with E-state index >= 15 is 0 Å². The summed E-state index contributed by atoms with van der Waals surface area (Å²) in [7, 11) is 0. The lowest BCUT2D eigenvalue weighted by atomic mass is 9.97. The minimum atomic E-state index is -4.43. The van der Waals surface area contributed by atoms with Gasteiger partial charge in [-0.2, -0.15) is 13.2 Å². The number of benzene rings is 2. The van der Waals surface area contributed by atoms with Crippen LogP contribution in [0.25, 0.3) is 11.1 Å². The lowest BCUT2D eigenvalue weighted by Crippen LogP contribution is -2.04. The third kappa shape index (κ3) is 3.47. The highest BCUT2D eigenvalue weighted by Gasteiger charge is 2.30. The summed E-state index contributed by atoms with van der Waals surface area (Å²) in [5, 5.41) is -0.610. The molecule has 116 valence electrons. The quantitative estimate of drug-likeness (QED) is 0.545. The Morgan fingerprint density at radius 3 is 2.14 bits per heavy atom. The molecule has 0 heterocycles. The van der Waals surface area contributed by atoms with Crippen molar-refractivity contribution in [2.75, 3.05) is 0 Å². The van der Waals surface area contributed by atoms with Gasteiger partial charge in [-0.15, -0.1) is 0 Å². The average Bonchev–Trinajstić information content (AvgIpc) is 2.45. The molecule has 1 atom stereocenters. The van der Waals surface area contributed by atoms with E-state index in [1.807, 2.05) is 0 Å². The summed E-state index contributed by atoms with van der Waals surface area (Å²) in [5.74, 6) is -1.28. The number of hydrogen-bond acceptors (Lipinski definition) is 1. The molecule has 0 saturated carbocycles. The summed E-state index contributed by atoms with van der Waals surface area (Å²) >= 11 is 5.36. The fourth-order valence-corrected chi connectivity index (χ4v) is 2.13.